The van der Waals surface area contributed by atoms with E-state index in [-0.39, 0.29) is 11.4 Å². The Kier molecular flexibility index (Phi) is 1.21. The van der Waals surface area contributed by atoms with Gasteiger partial charge in [0.05, 0.1) is 19.0 Å². The Bertz CT molecular complexity index is 468. The molecule has 0 fully saturated rings. The Morgan fingerprint density at radius 1 is 1.50 bits per heavy atom. The molecule has 0 aliphatic heterocycles. The van der Waals surface area contributed by atoms with E-state index in [0.29, 0.717) is 5.52 Å². The highest BCUT2D eigenvalue weighted by atomic mass is 16.3. The molecule has 5 heteroatoms. The summed E-state index contributed by atoms with van der Waals surface area (Å²) in [6.07, 6.45) is 2.79. The van der Waals surface area contributed by atoms with Crippen molar-refractivity contribution in [3.05, 3.63) is 29.9 Å². The molecule has 0 saturated heterocycles. The lowest BCUT2D eigenvalue weighted by Crippen LogP contribution is -1.91. The molecule has 2 rings (SSSR count). The van der Waals surface area contributed by atoms with Crippen molar-refractivity contribution in [2.24, 2.45) is 0 Å². The third kappa shape index (κ3) is 0.720. The van der Waals surface area contributed by atoms with E-state index in [4.69, 9.17) is 6.57 Å². The van der Waals surface area contributed by atoms with E-state index in [1.54, 1.807) is 6.07 Å². The normalized spacial score (nSPS) is 9.92. The van der Waals surface area contributed by atoms with Gasteiger partial charge < -0.3 is 5.11 Å². The van der Waals surface area contributed by atoms with Crippen LogP contribution in [-0.2, 0) is 0 Å². The number of aromatic hydroxyl groups is 1. The van der Waals surface area contributed by atoms with Crippen LogP contribution in [0.25, 0.3) is 10.4 Å². The molecule has 0 atom stereocenters. The lowest BCUT2D eigenvalue weighted by atomic mass is 10.4. The van der Waals surface area contributed by atoms with Crippen LogP contribution in [0.15, 0.2) is 18.5 Å². The molecule has 0 bridgehead atoms. The highest BCUT2D eigenvalue weighted by Crippen LogP contribution is 2.28. The summed E-state index contributed by atoms with van der Waals surface area (Å²) in [5, 5.41) is 17.0. The average molecular weight is 160 g/mol. The Morgan fingerprint density at radius 2 is 2.33 bits per heavy atom. The average Bonchev–Trinajstić information content (AvgIpc) is 2.53. The first-order chi connectivity index (χ1) is 5.83. The summed E-state index contributed by atoms with van der Waals surface area (Å²) in [6, 6.07) is 1.59. The highest BCUT2D eigenvalue weighted by Gasteiger charge is 2.06. The van der Waals surface area contributed by atoms with Crippen molar-refractivity contribution >= 4 is 11.2 Å². The summed E-state index contributed by atoms with van der Waals surface area (Å²) in [7, 11) is 0. The maximum absolute atomic E-state index is 9.42. The highest BCUT2D eigenvalue weighted by molar-refractivity contribution is 5.71. The molecule has 5 nitrogen and oxygen atoms in total. The van der Waals surface area contributed by atoms with Crippen LogP contribution in [0.1, 0.15) is 0 Å². The third-order valence-corrected chi connectivity index (χ3v) is 1.52. The Balaban J connectivity index is 2.89. The molecule has 0 spiro atoms. The van der Waals surface area contributed by atoms with E-state index < -0.39 is 0 Å². The molecule has 2 aromatic heterocycles. The molecular formula is C7H4N4O. The fourth-order valence-electron chi connectivity index (χ4n) is 0.945. The first-order valence-electron chi connectivity index (χ1n) is 3.22. The van der Waals surface area contributed by atoms with Crippen molar-refractivity contribution in [1.29, 1.82) is 0 Å². The molecule has 1 N–H and O–H groups in total. The summed E-state index contributed by atoms with van der Waals surface area (Å²) in [4.78, 5) is 3.10. The van der Waals surface area contributed by atoms with Crippen molar-refractivity contribution in [1.82, 2.24) is 14.8 Å². The second-order valence-corrected chi connectivity index (χ2v) is 2.20. The van der Waals surface area contributed by atoms with Gasteiger partial charge in [-0.25, -0.2) is 4.85 Å². The molecule has 12 heavy (non-hydrogen) atoms. The van der Waals surface area contributed by atoms with Gasteiger partial charge in [-0.2, -0.15) is 14.8 Å². The molecule has 0 radical (unpaired) electrons. The zero-order valence-electron chi connectivity index (χ0n) is 5.97. The monoisotopic (exact) mass is 160 g/mol. The van der Waals surface area contributed by atoms with Crippen LogP contribution in [-0.4, -0.2) is 19.9 Å². The number of rotatable bonds is 0. The van der Waals surface area contributed by atoms with Crippen LogP contribution in [0.5, 0.6) is 5.75 Å². The van der Waals surface area contributed by atoms with Gasteiger partial charge in [-0.3, -0.25) is 0 Å². The number of hydrogen-bond donors (Lipinski definition) is 1. The van der Waals surface area contributed by atoms with E-state index in [9.17, 15) is 5.11 Å². The molecule has 0 aromatic carbocycles. The van der Waals surface area contributed by atoms with Gasteiger partial charge in [0.25, 0.3) is 0 Å². The largest absolute Gasteiger partial charge is 0.517 e. The van der Waals surface area contributed by atoms with Crippen LogP contribution < -0.4 is 0 Å². The number of hydrogen-bond acceptors (Lipinski definition) is 3. The van der Waals surface area contributed by atoms with E-state index in [2.05, 4.69) is 15.0 Å². The van der Waals surface area contributed by atoms with Gasteiger partial charge in [-0.1, -0.05) is 0 Å². The van der Waals surface area contributed by atoms with Crippen molar-refractivity contribution in [2.45, 2.75) is 0 Å². The number of fused-ring (bicyclic) bond motifs is 1. The van der Waals surface area contributed by atoms with E-state index in [1.165, 1.54) is 17.0 Å². The van der Waals surface area contributed by atoms with E-state index >= 15 is 0 Å². The first-order valence-corrected chi connectivity index (χ1v) is 3.22. The summed E-state index contributed by atoms with van der Waals surface area (Å²) < 4.78 is 1.27. The van der Waals surface area contributed by atoms with Gasteiger partial charge in [0.1, 0.15) is 5.52 Å². The minimum absolute atomic E-state index is 0.0718. The van der Waals surface area contributed by atoms with Crippen LogP contribution in [0.2, 0.25) is 0 Å². The maximum atomic E-state index is 9.42. The third-order valence-electron chi connectivity index (χ3n) is 1.52. The smallest absolute Gasteiger partial charge is 0.249 e. The summed E-state index contributed by atoms with van der Waals surface area (Å²) >= 11 is 0. The molecular weight excluding hydrogens is 156 g/mol. The molecule has 0 saturated carbocycles. The minimum Gasteiger partial charge on any atom is -0.517 e. The molecule has 2 heterocycles. The van der Waals surface area contributed by atoms with Crippen LogP contribution >= 0.6 is 0 Å². The molecule has 2 aromatic rings. The number of nitrogens with zero attached hydrogens (tertiary/aromatic N) is 4. The fourth-order valence-corrected chi connectivity index (χ4v) is 0.945. The molecule has 0 aliphatic rings. The van der Waals surface area contributed by atoms with Crippen molar-refractivity contribution in [2.75, 3.05) is 0 Å². The Labute approximate surface area is 67.7 Å². The van der Waals surface area contributed by atoms with Gasteiger partial charge in [0.2, 0.25) is 5.69 Å². The van der Waals surface area contributed by atoms with Gasteiger partial charge in [-0.15, -0.1) is 0 Å². The summed E-state index contributed by atoms with van der Waals surface area (Å²) in [5.74, 6) is -0.0718. The van der Waals surface area contributed by atoms with E-state index in [1.807, 2.05) is 0 Å². The standard InChI is InChI=1S/C7H4N4O/c1-8-5-4-10-11-6(7(5)12)2-3-9-11/h2-4,12H. The fraction of sp³-hybridized carbons (Fsp3) is 0. The van der Waals surface area contributed by atoms with Gasteiger partial charge in [0.15, 0.2) is 5.75 Å². The summed E-state index contributed by atoms with van der Waals surface area (Å²) in [5.41, 5.74) is 0.589. The number of aromatic nitrogens is 3. The predicted molar refractivity (Wildman–Crippen MR) is 40.9 cm³/mol. The molecule has 0 amide bonds. The summed E-state index contributed by atoms with van der Waals surface area (Å²) in [6.45, 7) is 6.71. The zero-order chi connectivity index (χ0) is 8.55. The van der Waals surface area contributed by atoms with Crippen LogP contribution in [0.3, 0.4) is 0 Å². The second-order valence-electron chi connectivity index (χ2n) is 2.20. The molecule has 0 unspecified atom stereocenters. The van der Waals surface area contributed by atoms with Crippen LogP contribution in [0.4, 0.5) is 5.69 Å². The lowest BCUT2D eigenvalue weighted by Gasteiger charge is -1.96. The van der Waals surface area contributed by atoms with Crippen molar-refractivity contribution < 1.29 is 5.11 Å². The van der Waals surface area contributed by atoms with Gasteiger partial charge in [0, 0.05) is 0 Å². The van der Waals surface area contributed by atoms with E-state index in [0.717, 1.165) is 0 Å². The maximum Gasteiger partial charge on any atom is 0.249 e. The lowest BCUT2D eigenvalue weighted by molar-refractivity contribution is 0.479. The Hall–Kier alpha value is -2.09. The quantitative estimate of drug-likeness (QED) is 0.584. The topological polar surface area (TPSA) is 54.8 Å². The second kappa shape index (κ2) is 2.20. The zero-order valence-corrected chi connectivity index (χ0v) is 5.97. The molecule has 0 aliphatic carbocycles. The SMILES string of the molecule is [C-]#[N+]c1cnn2nccc2c1O. The Morgan fingerprint density at radius 3 is 3.08 bits per heavy atom. The van der Waals surface area contributed by atoms with Gasteiger partial charge >= 0.3 is 0 Å². The molecule has 58 valence electrons. The van der Waals surface area contributed by atoms with Crippen molar-refractivity contribution in [3.8, 4) is 5.75 Å². The predicted octanol–water partition coefficient (Wildman–Crippen LogP) is 0.986. The first kappa shape index (κ1) is 6.61. The van der Waals surface area contributed by atoms with Crippen LogP contribution in [0, 0.1) is 6.57 Å². The van der Waals surface area contributed by atoms with Crippen molar-refractivity contribution in [3.63, 3.8) is 0 Å². The van der Waals surface area contributed by atoms with Gasteiger partial charge in [-0.05, 0) is 6.07 Å². The minimum atomic E-state index is -0.0718.